The summed E-state index contributed by atoms with van der Waals surface area (Å²) < 4.78 is 46.0. The highest BCUT2D eigenvalue weighted by molar-refractivity contribution is 6.62. The molecular formula is C25H26BF2N3O4. The van der Waals surface area contributed by atoms with Crippen LogP contribution < -0.4 is 10.2 Å². The smallest absolute Gasteiger partial charge is 0.434 e. The Hall–Kier alpha value is -2.98. The van der Waals surface area contributed by atoms with Crippen molar-refractivity contribution < 1.29 is 27.6 Å². The van der Waals surface area contributed by atoms with Crippen LogP contribution >= 0.6 is 0 Å². The lowest BCUT2D eigenvalue weighted by atomic mass is 9.79. The molecule has 0 radical (unpaired) electrons. The number of amides is 1. The molecule has 4 heterocycles. The SMILES string of the molecule is CN1C(=O)c2cccc(OC(F)F)c2C2CC1c1nc3ccc(B4OC(C)(C)C(C)(C)O4)cc3n12. The van der Waals surface area contributed by atoms with Gasteiger partial charge in [-0.3, -0.25) is 4.79 Å². The van der Waals surface area contributed by atoms with Crippen molar-refractivity contribution >= 4 is 29.5 Å². The first-order valence-corrected chi connectivity index (χ1v) is 11.7. The Balaban J connectivity index is 1.52. The number of hydrogen-bond acceptors (Lipinski definition) is 5. The van der Waals surface area contributed by atoms with E-state index < -0.39 is 24.9 Å². The van der Waals surface area contributed by atoms with Crippen LogP contribution in [0.25, 0.3) is 11.0 Å². The number of carbonyl (C=O) groups is 1. The minimum absolute atomic E-state index is 0.0155. The molecule has 1 fully saturated rings. The Labute approximate surface area is 202 Å². The van der Waals surface area contributed by atoms with Crippen molar-refractivity contribution in [3.05, 3.63) is 53.3 Å². The quantitative estimate of drug-likeness (QED) is 0.529. The highest BCUT2D eigenvalue weighted by atomic mass is 19.3. The summed E-state index contributed by atoms with van der Waals surface area (Å²) in [5, 5.41) is 0. The molecule has 0 aliphatic carbocycles. The minimum Gasteiger partial charge on any atom is -0.434 e. The fraction of sp³-hybridized carbons (Fsp3) is 0.440. The first-order valence-electron chi connectivity index (χ1n) is 11.7. The van der Waals surface area contributed by atoms with Crippen LogP contribution in [-0.2, 0) is 9.31 Å². The van der Waals surface area contributed by atoms with Crippen molar-refractivity contribution in [3.8, 4) is 5.75 Å². The number of nitrogens with zero attached hydrogens (tertiary/aromatic N) is 3. The Kier molecular flexibility index (Phi) is 4.67. The van der Waals surface area contributed by atoms with Crippen molar-refractivity contribution in [2.24, 2.45) is 0 Å². The zero-order valence-corrected chi connectivity index (χ0v) is 20.2. The molecule has 1 saturated heterocycles. The van der Waals surface area contributed by atoms with Gasteiger partial charge >= 0.3 is 13.7 Å². The highest BCUT2D eigenvalue weighted by Gasteiger charge is 2.52. The van der Waals surface area contributed by atoms with Crippen LogP contribution in [-0.4, -0.2) is 52.3 Å². The third kappa shape index (κ3) is 3.15. The van der Waals surface area contributed by atoms with E-state index >= 15 is 0 Å². The molecule has 2 unspecified atom stereocenters. The molecule has 3 aliphatic rings. The van der Waals surface area contributed by atoms with E-state index in [0.717, 1.165) is 22.3 Å². The number of imidazole rings is 1. The number of benzene rings is 2. The Morgan fingerprint density at radius 1 is 1.11 bits per heavy atom. The van der Waals surface area contributed by atoms with Crippen LogP contribution in [0.5, 0.6) is 5.75 Å². The fourth-order valence-electron chi connectivity index (χ4n) is 5.42. The summed E-state index contributed by atoms with van der Waals surface area (Å²) in [6.07, 6.45) is 0.526. The maximum atomic E-state index is 13.3. The predicted molar refractivity (Wildman–Crippen MR) is 126 cm³/mol. The number of ether oxygens (including phenoxy) is 1. The molecule has 1 amide bonds. The van der Waals surface area contributed by atoms with Gasteiger partial charge in [0.1, 0.15) is 11.6 Å². The summed E-state index contributed by atoms with van der Waals surface area (Å²) in [6.45, 7) is 5.02. The maximum Gasteiger partial charge on any atom is 0.494 e. The van der Waals surface area contributed by atoms with Gasteiger partial charge in [0.2, 0.25) is 0 Å². The van der Waals surface area contributed by atoms with Crippen molar-refractivity contribution in [3.63, 3.8) is 0 Å². The van der Waals surface area contributed by atoms with Crippen molar-refractivity contribution in [2.75, 3.05) is 7.05 Å². The van der Waals surface area contributed by atoms with Gasteiger partial charge in [-0.15, -0.1) is 0 Å². The topological polar surface area (TPSA) is 65.8 Å². The molecule has 6 rings (SSSR count). The number of carbonyl (C=O) groups excluding carboxylic acids is 1. The van der Waals surface area contributed by atoms with E-state index in [2.05, 4.69) is 4.57 Å². The van der Waals surface area contributed by atoms with E-state index in [1.807, 2.05) is 45.9 Å². The average Bonchev–Trinajstić information content (AvgIpc) is 3.37. The number of halogens is 2. The monoisotopic (exact) mass is 481 g/mol. The van der Waals surface area contributed by atoms with Gasteiger partial charge in [-0.1, -0.05) is 12.1 Å². The Bertz CT molecular complexity index is 1360. The molecule has 7 nitrogen and oxygen atoms in total. The summed E-state index contributed by atoms with van der Waals surface area (Å²) in [5.41, 5.74) is 2.30. The molecule has 182 valence electrons. The summed E-state index contributed by atoms with van der Waals surface area (Å²) >= 11 is 0. The van der Waals surface area contributed by atoms with E-state index in [-0.39, 0.29) is 23.7 Å². The molecule has 10 heteroatoms. The van der Waals surface area contributed by atoms with Gasteiger partial charge in [-0.05, 0) is 57.4 Å². The van der Waals surface area contributed by atoms with E-state index in [0.29, 0.717) is 17.5 Å². The number of aromatic nitrogens is 2. The average molecular weight is 481 g/mol. The van der Waals surface area contributed by atoms with Gasteiger partial charge in [0.05, 0.1) is 34.3 Å². The lowest BCUT2D eigenvalue weighted by molar-refractivity contribution is -0.0507. The number of rotatable bonds is 3. The van der Waals surface area contributed by atoms with Crippen LogP contribution in [0.4, 0.5) is 8.78 Å². The highest BCUT2D eigenvalue weighted by Crippen LogP contribution is 2.50. The number of alkyl halides is 2. The molecule has 0 saturated carbocycles. The van der Waals surface area contributed by atoms with Crippen LogP contribution in [0.15, 0.2) is 36.4 Å². The number of hydrogen-bond donors (Lipinski definition) is 0. The second-order valence-corrected chi connectivity index (χ2v) is 10.5. The maximum absolute atomic E-state index is 13.3. The molecule has 2 bridgehead atoms. The lowest BCUT2D eigenvalue weighted by Crippen LogP contribution is -2.41. The molecular weight excluding hydrogens is 455 g/mol. The minimum atomic E-state index is -3.00. The van der Waals surface area contributed by atoms with Gasteiger partial charge in [0.25, 0.3) is 5.91 Å². The van der Waals surface area contributed by atoms with Crippen molar-refractivity contribution in [1.29, 1.82) is 0 Å². The summed E-state index contributed by atoms with van der Waals surface area (Å²) in [7, 11) is 1.18. The molecule has 35 heavy (non-hydrogen) atoms. The Morgan fingerprint density at radius 3 is 2.51 bits per heavy atom. The standard InChI is InChI=1S/C25H26BF2N3O4/c1-24(2)25(3,4)35-26(34-24)13-9-10-15-16(11-13)31-17-12-18(21(31)29-15)30(5)22(32)14-7-6-8-19(20(14)17)33-23(27)28/h6-11,17-18,23H,12H2,1-5H3. The normalized spacial score (nSPS) is 24.2. The van der Waals surface area contributed by atoms with Crippen molar-refractivity contribution in [2.45, 2.75) is 64.0 Å². The molecule has 0 spiro atoms. The van der Waals surface area contributed by atoms with Crippen molar-refractivity contribution in [1.82, 2.24) is 14.5 Å². The van der Waals surface area contributed by atoms with Gasteiger partial charge in [0, 0.05) is 24.6 Å². The van der Waals surface area contributed by atoms with Gasteiger partial charge in [-0.25, -0.2) is 4.98 Å². The van der Waals surface area contributed by atoms with Gasteiger partial charge in [0.15, 0.2) is 0 Å². The van der Waals surface area contributed by atoms with Crippen LogP contribution in [0, 0.1) is 0 Å². The summed E-state index contributed by atoms with van der Waals surface area (Å²) in [5.74, 6) is 0.509. The van der Waals surface area contributed by atoms with Crippen LogP contribution in [0.1, 0.15) is 67.9 Å². The first-order chi connectivity index (χ1) is 16.5. The van der Waals surface area contributed by atoms with Crippen LogP contribution in [0.2, 0.25) is 0 Å². The molecule has 3 aromatic rings. The second kappa shape index (κ2) is 7.27. The Morgan fingerprint density at radius 2 is 1.83 bits per heavy atom. The molecule has 2 atom stereocenters. The van der Waals surface area contributed by atoms with Gasteiger partial charge < -0.3 is 23.5 Å². The number of fused-ring (bicyclic) bond motifs is 9. The third-order valence-corrected chi connectivity index (χ3v) is 7.96. The molecule has 2 aromatic carbocycles. The molecule has 0 N–H and O–H groups in total. The lowest BCUT2D eigenvalue weighted by Gasteiger charge is -2.32. The largest absolute Gasteiger partial charge is 0.494 e. The van der Waals surface area contributed by atoms with E-state index in [9.17, 15) is 13.6 Å². The van der Waals surface area contributed by atoms with Crippen LogP contribution in [0.3, 0.4) is 0 Å². The zero-order valence-electron chi connectivity index (χ0n) is 20.2. The van der Waals surface area contributed by atoms with E-state index in [1.165, 1.54) is 6.07 Å². The van der Waals surface area contributed by atoms with Gasteiger partial charge in [-0.2, -0.15) is 8.78 Å². The second-order valence-electron chi connectivity index (χ2n) is 10.5. The van der Waals surface area contributed by atoms with E-state index in [4.69, 9.17) is 19.0 Å². The fourth-order valence-corrected chi connectivity index (χ4v) is 5.42. The van der Waals surface area contributed by atoms with E-state index in [1.54, 1.807) is 24.1 Å². The predicted octanol–water partition coefficient (Wildman–Crippen LogP) is 4.06. The third-order valence-electron chi connectivity index (χ3n) is 7.96. The zero-order chi connectivity index (χ0) is 24.9. The molecule has 1 aromatic heterocycles. The summed E-state index contributed by atoms with van der Waals surface area (Å²) in [6, 6.07) is 9.91. The first kappa shape index (κ1) is 22.5. The summed E-state index contributed by atoms with van der Waals surface area (Å²) in [4.78, 5) is 19.7. The molecule has 3 aliphatic heterocycles.